The molecule has 33 heavy (non-hydrogen) atoms. The van der Waals surface area contributed by atoms with Crippen LogP contribution in [0.2, 0.25) is 5.02 Å². The first-order valence-corrected chi connectivity index (χ1v) is 11.5. The second-order valence-electron chi connectivity index (χ2n) is 8.16. The van der Waals surface area contributed by atoms with Crippen LogP contribution in [0.5, 0.6) is 5.75 Å². The predicted octanol–water partition coefficient (Wildman–Crippen LogP) is 6.27. The molecule has 1 aliphatic heterocycles. The van der Waals surface area contributed by atoms with Crippen molar-refractivity contribution in [2.24, 2.45) is 0 Å². The number of fused-ring (bicyclic) bond motifs is 1. The second-order valence-corrected chi connectivity index (χ2v) is 8.59. The van der Waals surface area contributed by atoms with Crippen LogP contribution in [0.1, 0.15) is 48.7 Å². The number of benzene rings is 3. The van der Waals surface area contributed by atoms with Crippen LogP contribution in [-0.4, -0.2) is 25.0 Å². The zero-order chi connectivity index (χ0) is 23.5. The molecule has 5 nitrogen and oxygen atoms in total. The number of carbonyl (C=O) groups excluding carboxylic acids is 2. The van der Waals surface area contributed by atoms with Crippen molar-refractivity contribution in [3.05, 3.63) is 88.9 Å². The molecule has 0 aromatic heterocycles. The SMILES string of the molecule is CCC(=O)N(c1ccc(Cl)cc1)[C@H]1C[C@@H](C)N(C(=O)c2ccc(OC)cc2)c2ccccc21. The summed E-state index contributed by atoms with van der Waals surface area (Å²) in [6.07, 6.45) is 0.997. The fraction of sp³-hybridized carbons (Fsp3) is 0.259. The molecule has 0 radical (unpaired) electrons. The third kappa shape index (κ3) is 4.46. The van der Waals surface area contributed by atoms with Gasteiger partial charge in [-0.05, 0) is 73.5 Å². The summed E-state index contributed by atoms with van der Waals surface area (Å²) < 4.78 is 5.22. The fourth-order valence-corrected chi connectivity index (χ4v) is 4.60. The van der Waals surface area contributed by atoms with E-state index in [-0.39, 0.29) is 23.9 Å². The van der Waals surface area contributed by atoms with Gasteiger partial charge in [0.1, 0.15) is 5.75 Å². The van der Waals surface area contributed by atoms with Gasteiger partial charge in [0.05, 0.1) is 13.2 Å². The lowest BCUT2D eigenvalue weighted by Gasteiger charge is -2.43. The third-order valence-electron chi connectivity index (χ3n) is 6.10. The summed E-state index contributed by atoms with van der Waals surface area (Å²) in [7, 11) is 1.60. The Balaban J connectivity index is 1.76. The molecule has 0 aliphatic carbocycles. The van der Waals surface area contributed by atoms with E-state index in [1.165, 1.54) is 0 Å². The van der Waals surface area contributed by atoms with Crippen LogP contribution in [0.15, 0.2) is 72.8 Å². The van der Waals surface area contributed by atoms with Crippen molar-refractivity contribution in [3.8, 4) is 5.75 Å². The summed E-state index contributed by atoms with van der Waals surface area (Å²) in [4.78, 5) is 30.3. The Kier molecular flexibility index (Phi) is 6.70. The van der Waals surface area contributed by atoms with Crippen LogP contribution in [0.4, 0.5) is 11.4 Å². The number of hydrogen-bond acceptors (Lipinski definition) is 3. The van der Waals surface area contributed by atoms with Gasteiger partial charge in [0, 0.05) is 34.4 Å². The second kappa shape index (κ2) is 9.67. The molecule has 1 heterocycles. The van der Waals surface area contributed by atoms with Crippen molar-refractivity contribution in [1.82, 2.24) is 0 Å². The van der Waals surface area contributed by atoms with Gasteiger partial charge in [-0.1, -0.05) is 36.7 Å². The molecule has 0 bridgehead atoms. The van der Waals surface area contributed by atoms with Crippen molar-refractivity contribution in [3.63, 3.8) is 0 Å². The highest BCUT2D eigenvalue weighted by molar-refractivity contribution is 6.30. The number of rotatable bonds is 5. The van der Waals surface area contributed by atoms with Crippen molar-refractivity contribution in [2.45, 2.75) is 38.8 Å². The molecule has 0 saturated heterocycles. The van der Waals surface area contributed by atoms with E-state index in [1.54, 1.807) is 43.5 Å². The van der Waals surface area contributed by atoms with E-state index in [9.17, 15) is 9.59 Å². The van der Waals surface area contributed by atoms with Gasteiger partial charge < -0.3 is 14.5 Å². The third-order valence-corrected chi connectivity index (χ3v) is 6.36. The summed E-state index contributed by atoms with van der Waals surface area (Å²) in [5.74, 6) is 0.658. The van der Waals surface area contributed by atoms with Crippen molar-refractivity contribution in [2.75, 3.05) is 16.9 Å². The topological polar surface area (TPSA) is 49.9 Å². The monoisotopic (exact) mass is 462 g/mol. The number of para-hydroxylation sites is 1. The Bertz CT molecular complexity index is 1140. The number of methoxy groups -OCH3 is 1. The van der Waals surface area contributed by atoms with Crippen LogP contribution in [0.3, 0.4) is 0 Å². The number of anilines is 2. The zero-order valence-electron chi connectivity index (χ0n) is 19.0. The quantitative estimate of drug-likeness (QED) is 0.448. The number of carbonyl (C=O) groups is 2. The lowest BCUT2D eigenvalue weighted by Crippen LogP contribution is -2.47. The molecular weight excluding hydrogens is 436 g/mol. The van der Waals surface area contributed by atoms with Gasteiger partial charge in [-0.2, -0.15) is 0 Å². The maximum atomic E-state index is 13.5. The molecule has 4 rings (SSSR count). The first-order chi connectivity index (χ1) is 15.9. The predicted molar refractivity (Wildman–Crippen MR) is 132 cm³/mol. The number of halogens is 1. The maximum absolute atomic E-state index is 13.5. The smallest absolute Gasteiger partial charge is 0.258 e. The molecule has 3 aromatic carbocycles. The van der Waals surface area contributed by atoms with E-state index in [4.69, 9.17) is 16.3 Å². The molecule has 0 N–H and O–H groups in total. The molecule has 2 amide bonds. The highest BCUT2D eigenvalue weighted by Gasteiger charge is 2.38. The van der Waals surface area contributed by atoms with E-state index in [2.05, 4.69) is 0 Å². The Labute approximate surface area is 199 Å². The number of nitrogens with zero attached hydrogens (tertiary/aromatic N) is 2. The Morgan fingerprint density at radius 1 is 1.03 bits per heavy atom. The van der Waals surface area contributed by atoms with E-state index >= 15 is 0 Å². The fourth-order valence-electron chi connectivity index (χ4n) is 4.48. The van der Waals surface area contributed by atoms with Crippen LogP contribution < -0.4 is 14.5 Å². The largest absolute Gasteiger partial charge is 0.497 e. The first-order valence-electron chi connectivity index (χ1n) is 11.1. The Morgan fingerprint density at radius 3 is 2.33 bits per heavy atom. The summed E-state index contributed by atoms with van der Waals surface area (Å²) in [5, 5.41) is 0.622. The van der Waals surface area contributed by atoms with Crippen LogP contribution in [0, 0.1) is 0 Å². The minimum atomic E-state index is -0.190. The average molecular weight is 463 g/mol. The number of ether oxygens (including phenoxy) is 1. The van der Waals surface area contributed by atoms with Crippen molar-refractivity contribution >= 4 is 34.8 Å². The van der Waals surface area contributed by atoms with Crippen LogP contribution in [-0.2, 0) is 4.79 Å². The van der Waals surface area contributed by atoms with E-state index < -0.39 is 0 Å². The van der Waals surface area contributed by atoms with Gasteiger partial charge in [-0.25, -0.2) is 0 Å². The normalized spacial score (nSPS) is 17.3. The molecule has 6 heteroatoms. The first kappa shape index (κ1) is 22.9. The molecule has 2 atom stereocenters. The van der Waals surface area contributed by atoms with Gasteiger partial charge in [-0.3, -0.25) is 9.59 Å². The van der Waals surface area contributed by atoms with Gasteiger partial charge in [0.25, 0.3) is 5.91 Å². The minimum absolute atomic E-state index is 0.0271. The molecule has 170 valence electrons. The van der Waals surface area contributed by atoms with E-state index in [0.29, 0.717) is 29.2 Å². The number of amides is 2. The summed E-state index contributed by atoms with van der Waals surface area (Å²) in [6.45, 7) is 3.89. The summed E-state index contributed by atoms with van der Waals surface area (Å²) in [5.41, 5.74) is 3.17. The maximum Gasteiger partial charge on any atom is 0.258 e. The lowest BCUT2D eigenvalue weighted by molar-refractivity contribution is -0.118. The zero-order valence-corrected chi connectivity index (χ0v) is 19.8. The minimum Gasteiger partial charge on any atom is -0.497 e. The number of hydrogen-bond donors (Lipinski definition) is 0. The van der Waals surface area contributed by atoms with Crippen molar-refractivity contribution in [1.29, 1.82) is 0 Å². The molecule has 1 aliphatic rings. The Hall–Kier alpha value is -3.31. The van der Waals surface area contributed by atoms with Crippen LogP contribution in [0.25, 0.3) is 0 Å². The van der Waals surface area contributed by atoms with Gasteiger partial charge in [0.15, 0.2) is 0 Å². The Morgan fingerprint density at radius 2 is 1.70 bits per heavy atom. The molecule has 3 aromatic rings. The van der Waals surface area contributed by atoms with Crippen LogP contribution >= 0.6 is 11.6 Å². The van der Waals surface area contributed by atoms with Crippen molar-refractivity contribution < 1.29 is 14.3 Å². The highest BCUT2D eigenvalue weighted by atomic mass is 35.5. The van der Waals surface area contributed by atoms with E-state index in [0.717, 1.165) is 16.9 Å². The highest BCUT2D eigenvalue weighted by Crippen LogP contribution is 2.43. The standard InChI is InChI=1S/C27H27ClN2O3/c1-4-26(31)30(21-13-11-20(28)12-14-21)25-17-18(2)29(24-8-6-5-7-23(24)25)27(32)19-9-15-22(33-3)16-10-19/h5-16,18,25H,4,17H2,1-3H3/t18-,25+/m1/s1. The van der Waals surface area contributed by atoms with Gasteiger partial charge in [0.2, 0.25) is 5.91 Å². The summed E-state index contributed by atoms with van der Waals surface area (Å²) >= 11 is 6.10. The summed E-state index contributed by atoms with van der Waals surface area (Å²) in [6, 6.07) is 22.0. The molecule has 0 spiro atoms. The van der Waals surface area contributed by atoms with E-state index in [1.807, 2.05) is 60.0 Å². The average Bonchev–Trinajstić information content (AvgIpc) is 2.85. The van der Waals surface area contributed by atoms with Gasteiger partial charge in [-0.15, -0.1) is 0 Å². The molecule has 0 saturated carbocycles. The molecule has 0 fully saturated rings. The molecular formula is C27H27ClN2O3. The molecule has 0 unspecified atom stereocenters. The lowest BCUT2D eigenvalue weighted by atomic mass is 9.89. The van der Waals surface area contributed by atoms with Gasteiger partial charge >= 0.3 is 0 Å².